The third kappa shape index (κ3) is 8.55. The van der Waals surface area contributed by atoms with Crippen molar-refractivity contribution >= 4 is 5.97 Å². The van der Waals surface area contributed by atoms with Gasteiger partial charge >= 0.3 is 5.97 Å². The van der Waals surface area contributed by atoms with E-state index in [0.717, 1.165) is 0 Å². The number of carbonyl (C=O) groups excluding carboxylic acids is 1. The molecule has 0 amide bonds. The molecule has 47 heavy (non-hydrogen) atoms. The number of fused-ring (bicyclic) bond motifs is 6. The normalized spacial score (nSPS) is 10.0. The zero-order valence-electron chi connectivity index (χ0n) is 24.4. The van der Waals surface area contributed by atoms with Gasteiger partial charge in [-0.15, -0.1) is 0 Å². The number of esters is 1. The fraction of sp³-hybridized carbons (Fsp3) is 0.0976. The lowest BCUT2D eigenvalue weighted by atomic mass is 9.77. The first-order valence-corrected chi connectivity index (χ1v) is 13.0. The first kappa shape index (κ1) is 35.7. The van der Waals surface area contributed by atoms with Crippen molar-refractivity contribution in [2.45, 2.75) is 26.9 Å². The highest BCUT2D eigenvalue weighted by molar-refractivity contribution is 5.97. The zero-order valence-corrected chi connectivity index (χ0v) is 24.4. The fourth-order valence-electron chi connectivity index (χ4n) is 4.22. The van der Waals surface area contributed by atoms with E-state index in [2.05, 4.69) is 107 Å². The van der Waals surface area contributed by atoms with Crippen LogP contribution in [0, 0.1) is 107 Å². The number of benzene rings is 3. The highest BCUT2D eigenvalue weighted by Crippen LogP contribution is 2.56. The largest absolute Gasteiger partial charge is 0.508 e. The minimum absolute atomic E-state index is 0. The molecule has 2 aliphatic rings. The average Bonchev–Trinajstić information content (AvgIpc) is 3.33. The Morgan fingerprint density at radius 2 is 0.957 bits per heavy atom. The lowest BCUT2D eigenvalue weighted by Gasteiger charge is -2.36. The van der Waals surface area contributed by atoms with Gasteiger partial charge in [0.1, 0.15) is 23.0 Å². The van der Waals surface area contributed by atoms with Gasteiger partial charge in [0.15, 0.2) is 5.60 Å². The number of rotatable bonds is 0. The molecule has 230 valence electrons. The zero-order chi connectivity index (χ0) is 31.9. The minimum Gasteiger partial charge on any atom is -0.508 e. The molecule has 6 heteroatoms. The molecule has 0 radical (unpaired) electrons. The van der Waals surface area contributed by atoms with Gasteiger partial charge in [-0.1, -0.05) is 37.5 Å². The Morgan fingerprint density at radius 3 is 1.36 bits per heavy atom. The predicted octanol–water partition coefficient (Wildman–Crippen LogP) is 5.27. The fourth-order valence-corrected chi connectivity index (χ4v) is 4.22. The van der Waals surface area contributed by atoms with E-state index in [1.54, 1.807) is 38.1 Å². The molecule has 2 aliphatic heterocycles. The highest BCUT2D eigenvalue weighted by Gasteiger charge is 2.53. The Labute approximate surface area is 279 Å². The standard InChI is InChI=1S/C20H12O5.C20H6.CH4.H2O.3H2/c21-11-5-7-15-17(9-11)24-18-10-12(22)6-8-16(18)20(15)14-4-2-1-3-13(14)19(23)25-20;1-3-5-7-9-11-13-15-17-19-20-18-16-14-12-10-8-6-4-2;;;;;/h1-10,21-22H;1-2H3;1H4;1H2;3*1H. The number of phenolic OH excluding ortho intramolecular Hbond substituents is 2. The molecule has 3 aromatic rings. The maximum atomic E-state index is 12.5. The van der Waals surface area contributed by atoms with Crippen LogP contribution in [0.3, 0.4) is 0 Å². The molecule has 5 rings (SSSR count). The van der Waals surface area contributed by atoms with Crippen LogP contribution in [0.2, 0.25) is 0 Å². The van der Waals surface area contributed by atoms with Gasteiger partial charge in [0.2, 0.25) is 0 Å². The van der Waals surface area contributed by atoms with Crippen LogP contribution in [-0.2, 0) is 10.3 Å². The molecule has 0 aromatic heterocycles. The smallest absolute Gasteiger partial charge is 0.340 e. The average molecular weight is 619 g/mol. The second kappa shape index (κ2) is 17.6. The molecule has 0 bridgehead atoms. The lowest BCUT2D eigenvalue weighted by Crippen LogP contribution is -2.32. The van der Waals surface area contributed by atoms with Crippen molar-refractivity contribution in [1.82, 2.24) is 0 Å². The van der Waals surface area contributed by atoms with E-state index in [9.17, 15) is 15.0 Å². The maximum absolute atomic E-state index is 12.5. The van der Waals surface area contributed by atoms with Gasteiger partial charge in [-0.2, -0.15) is 0 Å². The van der Waals surface area contributed by atoms with Gasteiger partial charge < -0.3 is 25.2 Å². The van der Waals surface area contributed by atoms with Gasteiger partial charge in [0, 0.05) is 33.1 Å². The summed E-state index contributed by atoms with van der Waals surface area (Å²) in [5.74, 6) is 46.0. The summed E-state index contributed by atoms with van der Waals surface area (Å²) in [6, 6.07) is 16.6. The molecule has 1 spiro atoms. The minimum atomic E-state index is -1.17. The monoisotopic (exact) mass is 618 g/mol. The molecular weight excluding hydrogens is 588 g/mol. The van der Waals surface area contributed by atoms with Crippen LogP contribution < -0.4 is 4.74 Å². The van der Waals surface area contributed by atoms with Crippen molar-refractivity contribution in [3.63, 3.8) is 0 Å². The van der Waals surface area contributed by atoms with E-state index in [1.165, 1.54) is 24.3 Å². The molecule has 4 N–H and O–H groups in total. The Morgan fingerprint density at radius 1 is 0.574 bits per heavy atom. The number of carbonyl (C=O) groups is 1. The lowest BCUT2D eigenvalue weighted by molar-refractivity contribution is 0.0224. The molecule has 2 heterocycles. The second-order valence-electron chi connectivity index (χ2n) is 8.58. The van der Waals surface area contributed by atoms with Crippen LogP contribution >= 0.6 is 0 Å². The highest BCUT2D eigenvalue weighted by atomic mass is 16.6. The van der Waals surface area contributed by atoms with Crippen LogP contribution in [0.5, 0.6) is 23.0 Å². The van der Waals surface area contributed by atoms with E-state index in [4.69, 9.17) is 9.47 Å². The quantitative estimate of drug-likeness (QED) is 0.264. The number of ether oxygens (including phenoxy) is 2. The van der Waals surface area contributed by atoms with Crippen molar-refractivity contribution in [1.29, 1.82) is 0 Å². The van der Waals surface area contributed by atoms with Crippen molar-refractivity contribution in [2.75, 3.05) is 0 Å². The summed E-state index contributed by atoms with van der Waals surface area (Å²) in [5, 5.41) is 19.7. The van der Waals surface area contributed by atoms with E-state index in [1.807, 2.05) is 12.1 Å². The Kier molecular flexibility index (Phi) is 13.4. The van der Waals surface area contributed by atoms with E-state index in [0.29, 0.717) is 33.8 Å². The van der Waals surface area contributed by atoms with Gasteiger partial charge in [-0.3, -0.25) is 0 Å². The van der Waals surface area contributed by atoms with Crippen LogP contribution in [0.25, 0.3) is 0 Å². The van der Waals surface area contributed by atoms with Gasteiger partial charge in [-0.05, 0) is 139 Å². The van der Waals surface area contributed by atoms with Crippen LogP contribution in [0.15, 0.2) is 60.7 Å². The van der Waals surface area contributed by atoms with Crippen molar-refractivity contribution in [3.8, 4) is 130 Å². The molecule has 0 atom stereocenters. The van der Waals surface area contributed by atoms with Gasteiger partial charge in [-0.25, -0.2) is 4.79 Å². The third-order valence-electron chi connectivity index (χ3n) is 5.87. The summed E-state index contributed by atoms with van der Waals surface area (Å²) in [6.45, 7) is 3.41. The Balaban J connectivity index is 0. The molecule has 0 saturated heterocycles. The first-order valence-electron chi connectivity index (χ1n) is 13.0. The van der Waals surface area contributed by atoms with E-state index >= 15 is 0 Å². The molecule has 0 saturated carbocycles. The molecule has 3 aromatic carbocycles. The van der Waals surface area contributed by atoms with Crippen LogP contribution in [0.1, 0.15) is 52.6 Å². The summed E-state index contributed by atoms with van der Waals surface area (Å²) in [6.07, 6.45) is 0. The summed E-state index contributed by atoms with van der Waals surface area (Å²) in [7, 11) is 0. The number of hydrogen-bond acceptors (Lipinski definition) is 5. The van der Waals surface area contributed by atoms with Crippen molar-refractivity contribution in [2.24, 2.45) is 0 Å². The van der Waals surface area contributed by atoms with Crippen LogP contribution in [-0.4, -0.2) is 21.7 Å². The molecule has 0 aliphatic carbocycles. The predicted molar refractivity (Wildman–Crippen MR) is 186 cm³/mol. The Hall–Kier alpha value is -7.47. The Bertz CT molecular complexity index is 2180. The third-order valence-corrected chi connectivity index (χ3v) is 5.87. The summed E-state index contributed by atoms with van der Waals surface area (Å²) in [4.78, 5) is 12.5. The second-order valence-corrected chi connectivity index (χ2v) is 8.58. The van der Waals surface area contributed by atoms with E-state index in [-0.39, 0.29) is 28.7 Å². The summed E-state index contributed by atoms with van der Waals surface area (Å²) < 4.78 is 11.8. The number of hydrogen-bond donors (Lipinski definition) is 2. The molecule has 6 nitrogen and oxygen atoms in total. The van der Waals surface area contributed by atoms with Crippen molar-refractivity contribution < 1.29 is 34.2 Å². The number of aromatic hydroxyl groups is 2. The SMILES string of the molecule is C.CC#CC#CC#CC#CC#CC#CC#CC#CC#CC.O.O=C1OC2(c3ccc(O)cc3Oc3cc(O)ccc32)c2ccccc21.[HH].[HH].[HH]. The first-order chi connectivity index (χ1) is 22.0. The topological polar surface area (TPSA) is 107 Å². The molecule has 0 fully saturated rings. The summed E-state index contributed by atoms with van der Waals surface area (Å²) >= 11 is 0. The van der Waals surface area contributed by atoms with Gasteiger partial charge in [0.25, 0.3) is 0 Å². The maximum Gasteiger partial charge on any atom is 0.340 e. The molecule has 0 unspecified atom stereocenters. The van der Waals surface area contributed by atoms with Gasteiger partial charge in [0.05, 0.1) is 5.56 Å². The van der Waals surface area contributed by atoms with Crippen molar-refractivity contribution in [3.05, 3.63) is 82.9 Å². The van der Waals surface area contributed by atoms with E-state index < -0.39 is 11.6 Å². The summed E-state index contributed by atoms with van der Waals surface area (Å²) in [5.41, 5.74) is 1.28. The number of phenols is 2. The molecular formula is C41H30O6. The van der Waals surface area contributed by atoms with Crippen LogP contribution in [0.4, 0.5) is 0 Å².